The van der Waals surface area contributed by atoms with Crippen LogP contribution in [0.2, 0.25) is 0 Å². The topological polar surface area (TPSA) is 50.1 Å². The zero-order valence-electron chi connectivity index (χ0n) is 12.7. The molecule has 0 atom stereocenters. The van der Waals surface area contributed by atoms with E-state index < -0.39 is 0 Å². The third kappa shape index (κ3) is 4.46. The molecule has 0 unspecified atom stereocenters. The van der Waals surface area contributed by atoms with E-state index in [1.807, 2.05) is 55.5 Å². The Morgan fingerprint density at radius 1 is 1.05 bits per heavy atom. The number of benzene rings is 2. The highest BCUT2D eigenvalue weighted by Gasteiger charge is 2.05. The lowest BCUT2D eigenvalue weighted by Gasteiger charge is -2.06. The highest BCUT2D eigenvalue weighted by molar-refractivity contribution is 5.73. The minimum absolute atomic E-state index is 0.185. The minimum atomic E-state index is -0.185. The molecule has 2 aromatic rings. The summed E-state index contributed by atoms with van der Waals surface area (Å²) in [6.45, 7) is 2.05. The van der Waals surface area contributed by atoms with Gasteiger partial charge in [0.05, 0.1) is 12.5 Å². The van der Waals surface area contributed by atoms with Crippen LogP contribution in [-0.4, -0.2) is 5.97 Å². The van der Waals surface area contributed by atoms with Crippen molar-refractivity contribution in [1.82, 2.24) is 0 Å². The van der Waals surface area contributed by atoms with Gasteiger partial charge >= 0.3 is 5.97 Å². The summed E-state index contributed by atoms with van der Waals surface area (Å²) in [5, 5.41) is 8.67. The van der Waals surface area contributed by atoms with Gasteiger partial charge in [-0.1, -0.05) is 49.7 Å². The van der Waals surface area contributed by atoms with Gasteiger partial charge in [0.25, 0.3) is 0 Å². The second-order valence-corrected chi connectivity index (χ2v) is 5.13. The van der Waals surface area contributed by atoms with Crippen LogP contribution in [0.25, 0.3) is 11.1 Å². The van der Waals surface area contributed by atoms with Gasteiger partial charge in [0.15, 0.2) is 0 Å². The van der Waals surface area contributed by atoms with E-state index in [2.05, 4.69) is 6.07 Å². The SMILES string of the molecule is CCCCC(=O)Oc1ccc(-c2ccc(CC#N)cc2)cc1. The average molecular weight is 293 g/mol. The molecule has 0 aromatic heterocycles. The zero-order chi connectivity index (χ0) is 15.8. The number of carbonyl (C=O) groups excluding carboxylic acids is 1. The Balaban J connectivity index is 2.02. The number of esters is 1. The number of nitrogens with zero attached hydrogens (tertiary/aromatic N) is 1. The van der Waals surface area contributed by atoms with Crippen LogP contribution in [-0.2, 0) is 11.2 Å². The number of rotatable bonds is 6. The first-order valence-corrected chi connectivity index (χ1v) is 7.50. The summed E-state index contributed by atoms with van der Waals surface area (Å²) in [5.41, 5.74) is 3.13. The Kier molecular flexibility index (Phi) is 5.73. The van der Waals surface area contributed by atoms with E-state index in [1.165, 1.54) is 0 Å². The molecular formula is C19H19NO2. The molecule has 0 heterocycles. The summed E-state index contributed by atoms with van der Waals surface area (Å²) in [4.78, 5) is 11.6. The first-order chi connectivity index (χ1) is 10.7. The second kappa shape index (κ2) is 7.99. The number of hydrogen-bond acceptors (Lipinski definition) is 3. The van der Waals surface area contributed by atoms with Crippen LogP contribution in [0.5, 0.6) is 5.75 Å². The lowest BCUT2D eigenvalue weighted by molar-refractivity contribution is -0.134. The molecule has 3 heteroatoms. The van der Waals surface area contributed by atoms with E-state index in [0.29, 0.717) is 18.6 Å². The van der Waals surface area contributed by atoms with Crippen LogP contribution in [0.15, 0.2) is 48.5 Å². The van der Waals surface area contributed by atoms with Gasteiger partial charge in [0.1, 0.15) is 5.75 Å². The predicted octanol–water partition coefficient (Wildman–Crippen LogP) is 4.52. The molecule has 0 aliphatic carbocycles. The Morgan fingerprint density at radius 2 is 1.64 bits per heavy atom. The highest BCUT2D eigenvalue weighted by Crippen LogP contribution is 2.23. The Labute approximate surface area is 131 Å². The van der Waals surface area contributed by atoms with E-state index in [1.54, 1.807) is 0 Å². The van der Waals surface area contributed by atoms with Gasteiger partial charge in [0, 0.05) is 6.42 Å². The van der Waals surface area contributed by atoms with Crippen molar-refractivity contribution in [2.24, 2.45) is 0 Å². The summed E-state index contributed by atoms with van der Waals surface area (Å²) in [6.07, 6.45) is 2.72. The number of ether oxygens (including phenoxy) is 1. The maximum atomic E-state index is 11.6. The number of hydrogen-bond donors (Lipinski definition) is 0. The quantitative estimate of drug-likeness (QED) is 0.581. The molecule has 2 aromatic carbocycles. The van der Waals surface area contributed by atoms with Gasteiger partial charge < -0.3 is 4.74 Å². The summed E-state index contributed by atoms with van der Waals surface area (Å²) in [5.74, 6) is 0.390. The molecule has 0 amide bonds. The molecule has 0 fully saturated rings. The molecule has 0 N–H and O–H groups in total. The number of unbranched alkanes of at least 4 members (excludes halogenated alkanes) is 1. The molecular weight excluding hydrogens is 274 g/mol. The van der Waals surface area contributed by atoms with Crippen molar-refractivity contribution in [2.45, 2.75) is 32.6 Å². The van der Waals surface area contributed by atoms with Gasteiger partial charge in [-0.15, -0.1) is 0 Å². The van der Waals surface area contributed by atoms with Crippen LogP contribution >= 0.6 is 0 Å². The fourth-order valence-corrected chi connectivity index (χ4v) is 2.13. The standard InChI is InChI=1S/C19H19NO2/c1-2-3-4-19(21)22-18-11-9-17(10-12-18)16-7-5-15(6-8-16)13-14-20/h5-12H,2-4,13H2,1H3. The summed E-state index contributed by atoms with van der Waals surface area (Å²) in [6, 6.07) is 17.5. The molecule has 0 saturated heterocycles. The van der Waals surface area contributed by atoms with Crippen LogP contribution in [0.1, 0.15) is 31.7 Å². The van der Waals surface area contributed by atoms with Crippen molar-refractivity contribution in [3.05, 3.63) is 54.1 Å². The van der Waals surface area contributed by atoms with Crippen molar-refractivity contribution in [3.63, 3.8) is 0 Å². The highest BCUT2D eigenvalue weighted by atomic mass is 16.5. The van der Waals surface area contributed by atoms with Crippen LogP contribution in [0.4, 0.5) is 0 Å². The molecule has 0 spiro atoms. The molecule has 0 bridgehead atoms. The third-order valence-corrected chi connectivity index (χ3v) is 3.39. The second-order valence-electron chi connectivity index (χ2n) is 5.13. The molecule has 0 saturated carbocycles. The Morgan fingerprint density at radius 3 is 2.18 bits per heavy atom. The zero-order valence-corrected chi connectivity index (χ0v) is 12.7. The van der Waals surface area contributed by atoms with Crippen molar-refractivity contribution in [3.8, 4) is 22.9 Å². The molecule has 112 valence electrons. The van der Waals surface area contributed by atoms with E-state index in [-0.39, 0.29) is 5.97 Å². The van der Waals surface area contributed by atoms with Gasteiger partial charge in [-0.2, -0.15) is 5.26 Å². The largest absolute Gasteiger partial charge is 0.427 e. The molecule has 22 heavy (non-hydrogen) atoms. The third-order valence-electron chi connectivity index (χ3n) is 3.39. The van der Waals surface area contributed by atoms with Gasteiger partial charge in [0.2, 0.25) is 0 Å². The lowest BCUT2D eigenvalue weighted by atomic mass is 10.0. The monoisotopic (exact) mass is 293 g/mol. The lowest BCUT2D eigenvalue weighted by Crippen LogP contribution is -2.07. The van der Waals surface area contributed by atoms with E-state index >= 15 is 0 Å². The molecule has 0 aliphatic heterocycles. The van der Waals surface area contributed by atoms with E-state index in [0.717, 1.165) is 29.5 Å². The van der Waals surface area contributed by atoms with Crippen molar-refractivity contribution in [1.29, 1.82) is 5.26 Å². The minimum Gasteiger partial charge on any atom is -0.427 e. The van der Waals surface area contributed by atoms with Crippen LogP contribution in [0, 0.1) is 11.3 Å². The normalized spacial score (nSPS) is 10.0. The van der Waals surface area contributed by atoms with Gasteiger partial charge in [-0.25, -0.2) is 0 Å². The Bertz CT molecular complexity index is 651. The number of nitriles is 1. The smallest absolute Gasteiger partial charge is 0.311 e. The predicted molar refractivity (Wildman–Crippen MR) is 86.4 cm³/mol. The maximum Gasteiger partial charge on any atom is 0.311 e. The first kappa shape index (κ1) is 15.8. The summed E-state index contributed by atoms with van der Waals surface area (Å²) >= 11 is 0. The van der Waals surface area contributed by atoms with Gasteiger partial charge in [-0.05, 0) is 35.2 Å². The summed E-state index contributed by atoms with van der Waals surface area (Å²) in [7, 11) is 0. The maximum absolute atomic E-state index is 11.6. The average Bonchev–Trinajstić information content (AvgIpc) is 2.55. The first-order valence-electron chi connectivity index (χ1n) is 7.50. The summed E-state index contributed by atoms with van der Waals surface area (Å²) < 4.78 is 5.28. The van der Waals surface area contributed by atoms with Crippen molar-refractivity contribution in [2.75, 3.05) is 0 Å². The van der Waals surface area contributed by atoms with Crippen molar-refractivity contribution < 1.29 is 9.53 Å². The van der Waals surface area contributed by atoms with Crippen LogP contribution in [0.3, 0.4) is 0 Å². The van der Waals surface area contributed by atoms with Gasteiger partial charge in [-0.3, -0.25) is 4.79 Å². The van der Waals surface area contributed by atoms with Crippen molar-refractivity contribution >= 4 is 5.97 Å². The fourth-order valence-electron chi connectivity index (χ4n) is 2.13. The molecule has 0 radical (unpaired) electrons. The molecule has 2 rings (SSSR count). The number of carbonyl (C=O) groups is 1. The van der Waals surface area contributed by atoms with E-state index in [4.69, 9.17) is 10.00 Å². The fraction of sp³-hybridized carbons (Fsp3) is 0.263. The molecule has 0 aliphatic rings. The Hall–Kier alpha value is -2.60. The molecule has 3 nitrogen and oxygen atoms in total. The van der Waals surface area contributed by atoms with Crippen LogP contribution < -0.4 is 4.74 Å². The van der Waals surface area contributed by atoms with E-state index in [9.17, 15) is 4.79 Å².